The Morgan fingerprint density at radius 3 is 1.86 bits per heavy atom. The topological polar surface area (TPSA) is 18.5 Å². The van der Waals surface area contributed by atoms with Crippen molar-refractivity contribution >= 4 is 32.2 Å². The van der Waals surface area contributed by atoms with Gasteiger partial charge in [-0.25, -0.2) is 0 Å². The SMILES string of the molecule is C[Si](C)(OC[C@@H]1CCO[Si]1(c1ccccc1)c1ccccc1)c1ccccc1. The highest BCUT2D eigenvalue weighted by Gasteiger charge is 2.51. The normalized spacial score (nSPS) is 18.9. The molecule has 1 fully saturated rings. The summed E-state index contributed by atoms with van der Waals surface area (Å²) in [4.78, 5) is 0. The molecule has 0 bridgehead atoms. The largest absolute Gasteiger partial charge is 0.413 e. The molecule has 0 radical (unpaired) electrons. The average molecular weight is 405 g/mol. The first-order chi connectivity index (χ1) is 13.6. The fourth-order valence-electron chi connectivity index (χ4n) is 4.29. The molecule has 0 amide bonds. The molecular weight excluding hydrogens is 376 g/mol. The fourth-order valence-corrected chi connectivity index (χ4v) is 10.7. The van der Waals surface area contributed by atoms with E-state index in [4.69, 9.17) is 8.85 Å². The lowest BCUT2D eigenvalue weighted by atomic mass is 10.3. The highest BCUT2D eigenvalue weighted by Crippen LogP contribution is 2.34. The molecule has 3 aromatic rings. The number of rotatable bonds is 6. The van der Waals surface area contributed by atoms with Gasteiger partial charge in [-0.1, -0.05) is 91.0 Å². The van der Waals surface area contributed by atoms with Crippen LogP contribution in [-0.4, -0.2) is 29.8 Å². The third-order valence-corrected chi connectivity index (χ3v) is 13.1. The summed E-state index contributed by atoms with van der Waals surface area (Å²) < 4.78 is 13.4. The lowest BCUT2D eigenvalue weighted by molar-refractivity contribution is 0.306. The maximum atomic E-state index is 6.69. The monoisotopic (exact) mass is 404 g/mol. The Balaban J connectivity index is 1.66. The van der Waals surface area contributed by atoms with E-state index >= 15 is 0 Å². The van der Waals surface area contributed by atoms with Gasteiger partial charge in [0.25, 0.3) is 8.32 Å². The van der Waals surface area contributed by atoms with Gasteiger partial charge in [-0.15, -0.1) is 0 Å². The van der Waals surface area contributed by atoms with E-state index in [0.717, 1.165) is 19.6 Å². The molecule has 1 saturated heterocycles. The van der Waals surface area contributed by atoms with Crippen LogP contribution in [0.5, 0.6) is 0 Å². The van der Waals surface area contributed by atoms with Crippen LogP contribution < -0.4 is 15.6 Å². The second kappa shape index (κ2) is 8.17. The minimum absolute atomic E-state index is 0.424. The van der Waals surface area contributed by atoms with E-state index in [0.29, 0.717) is 5.54 Å². The minimum atomic E-state index is -2.32. The van der Waals surface area contributed by atoms with Crippen LogP contribution in [0.15, 0.2) is 91.0 Å². The summed E-state index contributed by atoms with van der Waals surface area (Å²) in [7, 11) is -4.26. The van der Waals surface area contributed by atoms with Crippen LogP contribution in [0.1, 0.15) is 6.42 Å². The number of hydrogen-bond donors (Lipinski definition) is 0. The highest BCUT2D eigenvalue weighted by molar-refractivity contribution is 6.99. The predicted octanol–water partition coefficient (Wildman–Crippen LogP) is 3.67. The van der Waals surface area contributed by atoms with E-state index in [9.17, 15) is 0 Å². The van der Waals surface area contributed by atoms with Gasteiger partial charge >= 0.3 is 0 Å². The molecule has 4 rings (SSSR count). The maximum Gasteiger partial charge on any atom is 0.261 e. The summed E-state index contributed by atoms with van der Waals surface area (Å²) in [5, 5.41) is 4.05. The molecule has 1 aliphatic rings. The summed E-state index contributed by atoms with van der Waals surface area (Å²) in [6.07, 6.45) is 1.06. The predicted molar refractivity (Wildman–Crippen MR) is 122 cm³/mol. The van der Waals surface area contributed by atoms with Gasteiger partial charge in [0.15, 0.2) is 0 Å². The zero-order chi connectivity index (χ0) is 19.5. The Morgan fingerprint density at radius 2 is 1.32 bits per heavy atom. The standard InChI is InChI=1S/C24H28O2Si2/c1-27(2,21-12-6-3-7-13-21)26-20-24-18-19-25-28(24,22-14-8-4-9-15-22)23-16-10-5-11-17-23/h3-17,24H,18-20H2,1-2H3/t24-/m0/s1. The lowest BCUT2D eigenvalue weighted by Crippen LogP contribution is -2.62. The summed E-state index contributed by atoms with van der Waals surface area (Å²) in [5.74, 6) is 0. The van der Waals surface area contributed by atoms with E-state index < -0.39 is 16.6 Å². The van der Waals surface area contributed by atoms with E-state index in [1.165, 1.54) is 15.6 Å². The van der Waals surface area contributed by atoms with Crippen molar-refractivity contribution in [2.24, 2.45) is 0 Å². The first-order valence-electron chi connectivity index (χ1n) is 10.1. The Bertz CT molecular complexity index is 843. The molecule has 0 spiro atoms. The van der Waals surface area contributed by atoms with Crippen LogP contribution >= 0.6 is 0 Å². The molecule has 144 valence electrons. The van der Waals surface area contributed by atoms with Gasteiger partial charge in [0.05, 0.1) is 0 Å². The first kappa shape index (κ1) is 19.3. The van der Waals surface area contributed by atoms with Crippen LogP contribution in [0.25, 0.3) is 0 Å². The Labute approximate surface area is 170 Å². The van der Waals surface area contributed by atoms with Crippen LogP contribution in [0.2, 0.25) is 18.6 Å². The molecule has 1 aliphatic heterocycles. The minimum Gasteiger partial charge on any atom is -0.413 e. The molecule has 28 heavy (non-hydrogen) atoms. The van der Waals surface area contributed by atoms with Crippen LogP contribution in [0.4, 0.5) is 0 Å². The Kier molecular flexibility index (Phi) is 5.64. The number of hydrogen-bond acceptors (Lipinski definition) is 2. The second-order valence-corrected chi connectivity index (χ2v) is 15.6. The molecule has 3 aromatic carbocycles. The second-order valence-electron chi connectivity index (χ2n) is 7.99. The maximum absolute atomic E-state index is 6.69. The van der Waals surface area contributed by atoms with Gasteiger partial charge in [0.1, 0.15) is 0 Å². The van der Waals surface area contributed by atoms with E-state index in [1.807, 2.05) is 0 Å². The lowest BCUT2D eigenvalue weighted by Gasteiger charge is -2.34. The van der Waals surface area contributed by atoms with Gasteiger partial charge in [0.2, 0.25) is 8.32 Å². The number of benzene rings is 3. The molecule has 2 nitrogen and oxygen atoms in total. The molecular formula is C24H28O2Si2. The fraction of sp³-hybridized carbons (Fsp3) is 0.250. The molecule has 0 unspecified atom stereocenters. The van der Waals surface area contributed by atoms with E-state index in [-0.39, 0.29) is 0 Å². The van der Waals surface area contributed by atoms with Gasteiger partial charge in [-0.05, 0) is 35.1 Å². The summed E-state index contributed by atoms with van der Waals surface area (Å²) in [5.41, 5.74) is 0.424. The molecule has 0 aliphatic carbocycles. The molecule has 0 saturated carbocycles. The van der Waals surface area contributed by atoms with E-state index in [1.54, 1.807) is 0 Å². The third kappa shape index (κ3) is 3.65. The smallest absolute Gasteiger partial charge is 0.261 e. The van der Waals surface area contributed by atoms with Gasteiger partial charge in [-0.2, -0.15) is 0 Å². The van der Waals surface area contributed by atoms with Crippen molar-refractivity contribution in [3.8, 4) is 0 Å². The first-order valence-corrected chi connectivity index (χ1v) is 15.0. The van der Waals surface area contributed by atoms with Crippen molar-refractivity contribution in [1.29, 1.82) is 0 Å². The molecule has 1 atom stereocenters. The summed E-state index contributed by atoms with van der Waals surface area (Å²) in [6, 6.07) is 32.4. The Morgan fingerprint density at radius 1 is 0.821 bits per heavy atom. The quantitative estimate of drug-likeness (QED) is 0.584. The Hall–Kier alpha value is -1.99. The average Bonchev–Trinajstić information content (AvgIpc) is 3.19. The molecule has 0 aromatic heterocycles. The highest BCUT2D eigenvalue weighted by atomic mass is 28.4. The summed E-state index contributed by atoms with van der Waals surface area (Å²) in [6.45, 7) is 6.18. The molecule has 1 heterocycles. The van der Waals surface area contributed by atoms with Crippen molar-refractivity contribution in [2.45, 2.75) is 25.1 Å². The van der Waals surface area contributed by atoms with Crippen molar-refractivity contribution < 1.29 is 8.85 Å². The van der Waals surface area contributed by atoms with Crippen LogP contribution in [0.3, 0.4) is 0 Å². The molecule has 0 N–H and O–H groups in total. The molecule has 4 heteroatoms. The van der Waals surface area contributed by atoms with Crippen molar-refractivity contribution in [3.05, 3.63) is 91.0 Å². The van der Waals surface area contributed by atoms with Crippen LogP contribution in [0, 0.1) is 0 Å². The van der Waals surface area contributed by atoms with Gasteiger partial charge in [-0.3, -0.25) is 0 Å². The van der Waals surface area contributed by atoms with Crippen molar-refractivity contribution in [3.63, 3.8) is 0 Å². The zero-order valence-corrected chi connectivity index (χ0v) is 18.7. The van der Waals surface area contributed by atoms with E-state index in [2.05, 4.69) is 104 Å². The van der Waals surface area contributed by atoms with Gasteiger partial charge < -0.3 is 8.85 Å². The van der Waals surface area contributed by atoms with Gasteiger partial charge in [0, 0.05) is 18.8 Å². The summed E-state index contributed by atoms with van der Waals surface area (Å²) >= 11 is 0. The van der Waals surface area contributed by atoms with Crippen molar-refractivity contribution in [2.75, 3.05) is 13.2 Å². The van der Waals surface area contributed by atoms with Crippen LogP contribution in [-0.2, 0) is 8.85 Å². The van der Waals surface area contributed by atoms with Crippen molar-refractivity contribution in [1.82, 2.24) is 0 Å². The third-order valence-electron chi connectivity index (χ3n) is 5.89. The zero-order valence-electron chi connectivity index (χ0n) is 16.7.